The maximum Gasteiger partial charge on any atom is 0.338 e. The molecule has 3 rings (SSSR count). The number of aromatic nitrogens is 1. The van der Waals surface area contributed by atoms with Gasteiger partial charge in [0.1, 0.15) is 0 Å². The minimum Gasteiger partial charge on any atom is -0.462 e. The van der Waals surface area contributed by atoms with E-state index in [-0.39, 0.29) is 23.7 Å². The normalized spacial score (nSPS) is 11.3. The Bertz CT molecular complexity index is 1110. The minimum atomic E-state index is -3.52. The van der Waals surface area contributed by atoms with Gasteiger partial charge in [0.25, 0.3) is 0 Å². The first-order valence-electron chi connectivity index (χ1n) is 8.54. The molecular weight excluding hydrogens is 400 g/mol. The zero-order valence-corrected chi connectivity index (χ0v) is 16.7. The smallest absolute Gasteiger partial charge is 0.338 e. The summed E-state index contributed by atoms with van der Waals surface area (Å²) in [5.41, 5.74) is 1.04. The van der Waals surface area contributed by atoms with Crippen LogP contribution in [0.15, 0.2) is 53.4 Å². The number of nitrogens with one attached hydrogen (secondary N) is 1. The molecule has 0 aliphatic rings. The van der Waals surface area contributed by atoms with Gasteiger partial charge in [-0.15, -0.1) is 0 Å². The molecule has 0 unspecified atom stereocenters. The number of hydrogen-bond donors (Lipinski definition) is 1. The third-order valence-electron chi connectivity index (χ3n) is 3.85. The van der Waals surface area contributed by atoms with Crippen molar-refractivity contribution < 1.29 is 22.7 Å². The van der Waals surface area contributed by atoms with Crippen LogP contribution in [-0.4, -0.2) is 37.6 Å². The molecule has 2 aromatic carbocycles. The highest BCUT2D eigenvalue weighted by molar-refractivity contribution is 7.91. The zero-order valence-electron chi connectivity index (χ0n) is 15.0. The van der Waals surface area contributed by atoms with Crippen LogP contribution in [0.3, 0.4) is 0 Å². The Kier molecular flexibility index (Phi) is 6.05. The van der Waals surface area contributed by atoms with Gasteiger partial charge in [-0.2, -0.15) is 0 Å². The number of benzene rings is 2. The summed E-state index contributed by atoms with van der Waals surface area (Å²) in [4.78, 5) is 28.4. The maximum atomic E-state index is 12.2. The highest BCUT2D eigenvalue weighted by Crippen LogP contribution is 2.27. The van der Waals surface area contributed by atoms with Gasteiger partial charge in [-0.25, -0.2) is 18.2 Å². The van der Waals surface area contributed by atoms with Gasteiger partial charge in [-0.05, 0) is 37.3 Å². The van der Waals surface area contributed by atoms with Gasteiger partial charge in [0, 0.05) is 6.42 Å². The second-order valence-electron chi connectivity index (χ2n) is 5.85. The predicted molar refractivity (Wildman–Crippen MR) is 107 cm³/mol. The Morgan fingerprint density at radius 1 is 1.14 bits per heavy atom. The fourth-order valence-corrected chi connectivity index (χ4v) is 4.66. The Balaban J connectivity index is 1.65. The molecule has 7 nitrogen and oxygen atoms in total. The largest absolute Gasteiger partial charge is 0.462 e. The minimum absolute atomic E-state index is 0.179. The SMILES string of the molecule is CCOC(=O)c1ccc2nc(NC(=O)CCS(=O)(=O)c3ccccc3)sc2c1. The average molecular weight is 418 g/mol. The molecule has 1 amide bonds. The third kappa shape index (κ3) is 4.73. The second-order valence-corrected chi connectivity index (χ2v) is 8.99. The Morgan fingerprint density at radius 3 is 2.61 bits per heavy atom. The van der Waals surface area contributed by atoms with E-state index in [2.05, 4.69) is 10.3 Å². The van der Waals surface area contributed by atoms with E-state index in [0.717, 1.165) is 4.70 Å². The van der Waals surface area contributed by atoms with Crippen molar-refractivity contribution in [2.24, 2.45) is 0 Å². The molecule has 1 N–H and O–H groups in total. The van der Waals surface area contributed by atoms with Gasteiger partial charge < -0.3 is 10.1 Å². The molecule has 1 aromatic heterocycles. The summed E-state index contributed by atoms with van der Waals surface area (Å²) in [6, 6.07) is 12.9. The van der Waals surface area contributed by atoms with E-state index in [9.17, 15) is 18.0 Å². The highest BCUT2D eigenvalue weighted by atomic mass is 32.2. The lowest BCUT2D eigenvalue weighted by molar-refractivity contribution is -0.115. The van der Waals surface area contributed by atoms with Crippen LogP contribution in [0.4, 0.5) is 5.13 Å². The molecule has 0 saturated heterocycles. The Morgan fingerprint density at radius 2 is 1.89 bits per heavy atom. The number of rotatable bonds is 7. The molecule has 0 bridgehead atoms. The molecule has 28 heavy (non-hydrogen) atoms. The lowest BCUT2D eigenvalue weighted by atomic mass is 10.2. The molecule has 0 aliphatic carbocycles. The molecule has 0 saturated carbocycles. The first kappa shape index (κ1) is 20.0. The third-order valence-corrected chi connectivity index (χ3v) is 6.51. The average Bonchev–Trinajstić information content (AvgIpc) is 3.08. The van der Waals surface area contributed by atoms with Crippen molar-refractivity contribution in [3.63, 3.8) is 0 Å². The van der Waals surface area contributed by atoms with Crippen LogP contribution < -0.4 is 5.32 Å². The number of nitrogens with zero attached hydrogens (tertiary/aromatic N) is 1. The van der Waals surface area contributed by atoms with Crippen LogP contribution in [0, 0.1) is 0 Å². The molecule has 3 aromatic rings. The lowest BCUT2D eigenvalue weighted by Crippen LogP contribution is -2.17. The molecule has 1 heterocycles. The summed E-state index contributed by atoms with van der Waals surface area (Å²) < 4.78 is 30.2. The van der Waals surface area contributed by atoms with E-state index in [1.807, 2.05) is 0 Å². The summed E-state index contributed by atoms with van der Waals surface area (Å²) in [7, 11) is -3.52. The number of sulfone groups is 1. The van der Waals surface area contributed by atoms with Gasteiger partial charge >= 0.3 is 5.97 Å². The van der Waals surface area contributed by atoms with E-state index in [4.69, 9.17) is 4.74 Å². The quantitative estimate of drug-likeness (QED) is 0.591. The molecule has 146 valence electrons. The number of thiazole rings is 1. The fraction of sp³-hybridized carbons (Fsp3) is 0.211. The summed E-state index contributed by atoms with van der Waals surface area (Å²) in [5, 5.41) is 2.96. The van der Waals surface area contributed by atoms with Crippen LogP contribution in [-0.2, 0) is 19.4 Å². The molecule has 0 aliphatic heterocycles. The van der Waals surface area contributed by atoms with Crippen molar-refractivity contribution in [1.29, 1.82) is 0 Å². The number of anilines is 1. The number of hydrogen-bond acceptors (Lipinski definition) is 7. The summed E-state index contributed by atoms with van der Waals surface area (Å²) in [6.45, 7) is 2.02. The fourth-order valence-electron chi connectivity index (χ4n) is 2.47. The van der Waals surface area contributed by atoms with Gasteiger partial charge in [0.15, 0.2) is 15.0 Å². The van der Waals surface area contributed by atoms with E-state index < -0.39 is 21.7 Å². The molecule has 0 spiro atoms. The molecular formula is C19H18N2O5S2. The lowest BCUT2D eigenvalue weighted by Gasteiger charge is -2.04. The Labute approximate surface area is 166 Å². The van der Waals surface area contributed by atoms with Crippen LogP contribution >= 0.6 is 11.3 Å². The van der Waals surface area contributed by atoms with E-state index in [0.29, 0.717) is 16.2 Å². The summed E-state index contributed by atoms with van der Waals surface area (Å²) in [5.74, 6) is -1.15. The summed E-state index contributed by atoms with van der Waals surface area (Å²) in [6.07, 6.45) is -0.179. The number of fused-ring (bicyclic) bond motifs is 1. The van der Waals surface area contributed by atoms with E-state index in [1.54, 1.807) is 43.3 Å². The first-order valence-corrected chi connectivity index (χ1v) is 11.0. The van der Waals surface area contributed by atoms with Crippen LogP contribution in [0.2, 0.25) is 0 Å². The van der Waals surface area contributed by atoms with Crippen molar-refractivity contribution in [1.82, 2.24) is 4.98 Å². The highest BCUT2D eigenvalue weighted by Gasteiger charge is 2.17. The van der Waals surface area contributed by atoms with Crippen LogP contribution in [0.25, 0.3) is 10.2 Å². The Hall–Kier alpha value is -2.78. The molecule has 0 fully saturated rings. The van der Waals surface area contributed by atoms with Crippen LogP contribution in [0.1, 0.15) is 23.7 Å². The number of amides is 1. The predicted octanol–water partition coefficient (Wildman–Crippen LogP) is 3.28. The number of ether oxygens (including phenoxy) is 1. The monoisotopic (exact) mass is 418 g/mol. The van der Waals surface area contributed by atoms with E-state index >= 15 is 0 Å². The molecule has 0 atom stereocenters. The zero-order chi connectivity index (χ0) is 20.1. The number of carbonyl (C=O) groups excluding carboxylic acids is 2. The topological polar surface area (TPSA) is 102 Å². The first-order chi connectivity index (χ1) is 13.4. The van der Waals surface area contributed by atoms with Crippen LogP contribution in [0.5, 0.6) is 0 Å². The second kappa shape index (κ2) is 8.49. The number of carbonyl (C=O) groups is 2. The van der Waals surface area contributed by atoms with Gasteiger partial charge in [-0.3, -0.25) is 4.79 Å². The van der Waals surface area contributed by atoms with Crippen molar-refractivity contribution in [3.8, 4) is 0 Å². The van der Waals surface area contributed by atoms with Crippen molar-refractivity contribution in [2.75, 3.05) is 17.7 Å². The van der Waals surface area contributed by atoms with Gasteiger partial charge in [0.05, 0.1) is 33.0 Å². The van der Waals surface area contributed by atoms with Crippen molar-refractivity contribution >= 4 is 48.4 Å². The molecule has 0 radical (unpaired) electrons. The summed E-state index contributed by atoms with van der Waals surface area (Å²) >= 11 is 1.20. The maximum absolute atomic E-state index is 12.2. The van der Waals surface area contributed by atoms with Crippen molar-refractivity contribution in [2.45, 2.75) is 18.2 Å². The number of esters is 1. The van der Waals surface area contributed by atoms with Gasteiger partial charge in [0.2, 0.25) is 5.91 Å². The molecule has 9 heteroatoms. The van der Waals surface area contributed by atoms with E-state index in [1.165, 1.54) is 23.5 Å². The standard InChI is InChI=1S/C19H18N2O5S2/c1-2-26-18(23)13-8-9-15-16(12-13)27-19(20-15)21-17(22)10-11-28(24,25)14-6-4-3-5-7-14/h3-9,12H,2,10-11H2,1H3,(H,20,21,22). The van der Waals surface area contributed by atoms with Gasteiger partial charge in [-0.1, -0.05) is 29.5 Å². The van der Waals surface area contributed by atoms with Crippen molar-refractivity contribution in [3.05, 3.63) is 54.1 Å².